The van der Waals surface area contributed by atoms with Gasteiger partial charge in [-0.15, -0.1) is 5.11 Å². The normalized spacial score (nSPS) is 11.0. The lowest BCUT2D eigenvalue weighted by atomic mass is 10.1. The van der Waals surface area contributed by atoms with Crippen LogP contribution >= 0.6 is 0 Å². The largest absolute Gasteiger partial charge is 0.493 e. The topological polar surface area (TPSA) is 94.0 Å². The van der Waals surface area contributed by atoms with E-state index < -0.39 is 5.56 Å². The predicted molar refractivity (Wildman–Crippen MR) is 111 cm³/mol. The molecule has 0 atom stereocenters. The van der Waals surface area contributed by atoms with Crippen LogP contribution in [0.3, 0.4) is 0 Å². The van der Waals surface area contributed by atoms with Crippen LogP contribution in [0.25, 0.3) is 0 Å². The number of aromatic nitrogens is 1. The highest BCUT2D eigenvalue weighted by atomic mass is 16.3. The minimum atomic E-state index is -0.439. The molecule has 2 aromatic rings. The first-order chi connectivity index (χ1) is 13.5. The third-order valence-electron chi connectivity index (χ3n) is 4.75. The first-order valence-corrected chi connectivity index (χ1v) is 9.61. The monoisotopic (exact) mass is 381 g/mol. The molecule has 1 heterocycles. The van der Waals surface area contributed by atoms with Gasteiger partial charge in [-0.2, -0.15) is 10.4 Å². The van der Waals surface area contributed by atoms with Gasteiger partial charge in [0.15, 0.2) is 5.69 Å². The highest BCUT2D eigenvalue weighted by Gasteiger charge is 2.18. The van der Waals surface area contributed by atoms with E-state index in [2.05, 4.69) is 29.0 Å². The van der Waals surface area contributed by atoms with Crippen molar-refractivity contribution in [1.82, 2.24) is 4.57 Å². The number of benzene rings is 1. The van der Waals surface area contributed by atoms with E-state index in [0.717, 1.165) is 25.2 Å². The standard InChI is InChI=1S/C21H27N5O2/c1-5-8-13-26-20(27)18(14-22)15(4)19(21(26)28)24-23-16-9-11-17(12-10-16)25(6-2)7-3/h9-12,27H,5-8,13H2,1-4H3. The molecule has 0 spiro atoms. The van der Waals surface area contributed by atoms with Crippen molar-refractivity contribution >= 4 is 17.1 Å². The molecule has 0 aliphatic carbocycles. The number of azo groups is 1. The number of anilines is 1. The second-order valence-corrected chi connectivity index (χ2v) is 6.48. The van der Waals surface area contributed by atoms with Gasteiger partial charge in [0.1, 0.15) is 11.6 Å². The fraction of sp³-hybridized carbons (Fsp3) is 0.429. The van der Waals surface area contributed by atoms with Gasteiger partial charge in [0, 0.05) is 30.9 Å². The van der Waals surface area contributed by atoms with Crippen LogP contribution in [-0.4, -0.2) is 22.8 Å². The van der Waals surface area contributed by atoms with Crippen molar-refractivity contribution in [2.75, 3.05) is 18.0 Å². The van der Waals surface area contributed by atoms with Crippen molar-refractivity contribution in [3.63, 3.8) is 0 Å². The van der Waals surface area contributed by atoms with Crippen molar-refractivity contribution in [2.45, 2.75) is 47.1 Å². The predicted octanol–water partition coefficient (Wildman–Crippen LogP) is 4.80. The van der Waals surface area contributed by atoms with Crippen molar-refractivity contribution in [3.8, 4) is 11.9 Å². The molecule has 7 nitrogen and oxygen atoms in total. The Labute approximate surface area is 165 Å². The van der Waals surface area contributed by atoms with Gasteiger partial charge in [-0.05, 0) is 51.5 Å². The minimum absolute atomic E-state index is 0.0570. The van der Waals surface area contributed by atoms with Crippen LogP contribution in [0.5, 0.6) is 5.88 Å². The molecule has 0 amide bonds. The number of hydrogen-bond acceptors (Lipinski definition) is 6. The lowest BCUT2D eigenvalue weighted by molar-refractivity contribution is 0.399. The summed E-state index contributed by atoms with van der Waals surface area (Å²) < 4.78 is 1.20. The zero-order valence-electron chi connectivity index (χ0n) is 16.9. The zero-order chi connectivity index (χ0) is 20.7. The van der Waals surface area contributed by atoms with Crippen LogP contribution in [0.15, 0.2) is 39.3 Å². The molecule has 1 aromatic heterocycles. The smallest absolute Gasteiger partial charge is 0.281 e. The number of nitriles is 1. The highest BCUT2D eigenvalue weighted by Crippen LogP contribution is 2.27. The Bertz CT molecular complexity index is 935. The van der Waals surface area contributed by atoms with Gasteiger partial charge >= 0.3 is 0 Å². The Morgan fingerprint density at radius 2 is 1.79 bits per heavy atom. The molecule has 0 aliphatic rings. The first kappa shape index (κ1) is 21.2. The van der Waals surface area contributed by atoms with Crippen molar-refractivity contribution < 1.29 is 5.11 Å². The molecule has 148 valence electrons. The Balaban J connectivity index is 2.42. The Kier molecular flexibility index (Phi) is 7.33. The summed E-state index contributed by atoms with van der Waals surface area (Å²) in [6.45, 7) is 9.95. The van der Waals surface area contributed by atoms with Gasteiger partial charge in [0.25, 0.3) is 5.56 Å². The maximum Gasteiger partial charge on any atom is 0.281 e. The minimum Gasteiger partial charge on any atom is -0.493 e. The SMILES string of the molecule is CCCCn1c(O)c(C#N)c(C)c(N=Nc2ccc(N(CC)CC)cc2)c1=O. The molecule has 2 rings (SSSR count). The number of unbranched alkanes of at least 4 members (excludes halogenated alkanes) is 1. The molecular weight excluding hydrogens is 354 g/mol. The molecule has 0 aliphatic heterocycles. The molecule has 0 saturated carbocycles. The van der Waals surface area contributed by atoms with Gasteiger partial charge in [-0.3, -0.25) is 9.36 Å². The van der Waals surface area contributed by atoms with E-state index in [9.17, 15) is 15.2 Å². The van der Waals surface area contributed by atoms with Crippen molar-refractivity contribution in [2.24, 2.45) is 10.2 Å². The lowest BCUT2D eigenvalue weighted by Gasteiger charge is -2.20. The van der Waals surface area contributed by atoms with E-state index in [0.29, 0.717) is 24.2 Å². The van der Waals surface area contributed by atoms with Crippen molar-refractivity contribution in [1.29, 1.82) is 5.26 Å². The molecule has 0 saturated heterocycles. The zero-order valence-corrected chi connectivity index (χ0v) is 16.9. The highest BCUT2D eigenvalue weighted by molar-refractivity contribution is 5.57. The molecule has 0 bridgehead atoms. The number of aromatic hydroxyl groups is 1. The second kappa shape index (κ2) is 9.70. The quantitative estimate of drug-likeness (QED) is 0.665. The molecule has 1 aromatic carbocycles. The van der Waals surface area contributed by atoms with E-state index in [1.54, 1.807) is 6.92 Å². The van der Waals surface area contributed by atoms with E-state index in [1.807, 2.05) is 37.3 Å². The van der Waals surface area contributed by atoms with Crippen LogP contribution in [0.1, 0.15) is 44.7 Å². The van der Waals surface area contributed by atoms with Gasteiger partial charge < -0.3 is 10.0 Å². The van der Waals surface area contributed by atoms with E-state index in [-0.39, 0.29) is 17.1 Å². The number of pyridine rings is 1. The van der Waals surface area contributed by atoms with E-state index >= 15 is 0 Å². The van der Waals surface area contributed by atoms with Crippen molar-refractivity contribution in [3.05, 3.63) is 45.7 Å². The third kappa shape index (κ3) is 4.39. The van der Waals surface area contributed by atoms with Gasteiger partial charge in [-0.1, -0.05) is 13.3 Å². The summed E-state index contributed by atoms with van der Waals surface area (Å²) in [5, 5.41) is 28.0. The maximum absolute atomic E-state index is 12.8. The average molecular weight is 381 g/mol. The summed E-state index contributed by atoms with van der Waals surface area (Å²) in [4.78, 5) is 15.0. The number of nitrogens with zero attached hydrogens (tertiary/aromatic N) is 5. The average Bonchev–Trinajstić information content (AvgIpc) is 2.70. The Hall–Kier alpha value is -3.14. The van der Waals surface area contributed by atoms with Gasteiger partial charge in [0.2, 0.25) is 5.88 Å². The molecule has 1 N–H and O–H groups in total. The summed E-state index contributed by atoms with van der Waals surface area (Å²) in [5.74, 6) is -0.305. The van der Waals surface area contributed by atoms with Gasteiger partial charge in [-0.25, -0.2) is 0 Å². The third-order valence-corrected chi connectivity index (χ3v) is 4.75. The van der Waals surface area contributed by atoms with E-state index in [1.165, 1.54) is 4.57 Å². The first-order valence-electron chi connectivity index (χ1n) is 9.61. The van der Waals surface area contributed by atoms with Crippen LogP contribution in [0, 0.1) is 18.3 Å². The molecule has 28 heavy (non-hydrogen) atoms. The Morgan fingerprint density at radius 3 is 2.32 bits per heavy atom. The lowest BCUT2D eigenvalue weighted by Crippen LogP contribution is -2.22. The summed E-state index contributed by atoms with van der Waals surface area (Å²) in [7, 11) is 0. The summed E-state index contributed by atoms with van der Waals surface area (Å²) >= 11 is 0. The number of rotatable bonds is 8. The second-order valence-electron chi connectivity index (χ2n) is 6.48. The summed E-state index contributed by atoms with van der Waals surface area (Å²) in [6.07, 6.45) is 1.57. The fourth-order valence-electron chi connectivity index (χ4n) is 3.01. The van der Waals surface area contributed by atoms with E-state index in [4.69, 9.17) is 0 Å². The molecule has 0 unspecified atom stereocenters. The summed E-state index contributed by atoms with van der Waals surface area (Å²) in [6, 6.07) is 9.57. The van der Waals surface area contributed by atoms with Crippen LogP contribution < -0.4 is 10.5 Å². The fourth-order valence-corrected chi connectivity index (χ4v) is 3.01. The number of hydrogen-bond donors (Lipinski definition) is 1. The Morgan fingerprint density at radius 1 is 1.14 bits per heavy atom. The van der Waals surface area contributed by atoms with Crippen LogP contribution in [0.2, 0.25) is 0 Å². The van der Waals surface area contributed by atoms with Crippen LogP contribution in [0.4, 0.5) is 17.1 Å². The van der Waals surface area contributed by atoms with Crippen LogP contribution in [-0.2, 0) is 6.54 Å². The molecule has 7 heteroatoms. The molecule has 0 fully saturated rings. The molecule has 0 radical (unpaired) electrons. The summed E-state index contributed by atoms with van der Waals surface area (Å²) in [5.41, 5.74) is 1.74. The van der Waals surface area contributed by atoms with Gasteiger partial charge in [0.05, 0.1) is 5.69 Å². The maximum atomic E-state index is 12.8. The molecular formula is C21H27N5O2.